The van der Waals surface area contributed by atoms with Gasteiger partial charge in [0.05, 0.1) is 6.61 Å². The van der Waals surface area contributed by atoms with Gasteiger partial charge in [0.2, 0.25) is 0 Å². The molecular formula is C6H9F2NO3. The summed E-state index contributed by atoms with van der Waals surface area (Å²) in [5.41, 5.74) is 0. The summed E-state index contributed by atoms with van der Waals surface area (Å²) in [6.07, 6.45) is -3.10. The molecule has 0 spiro atoms. The molecule has 6 heteroatoms. The van der Waals surface area contributed by atoms with Gasteiger partial charge in [-0.1, -0.05) is 0 Å². The predicted molar refractivity (Wildman–Crippen MR) is 35.6 cm³/mol. The largest absolute Gasteiger partial charge is 0.465 e. The number of amides is 1. The Morgan fingerprint density at radius 1 is 1.50 bits per heavy atom. The molecule has 0 aliphatic rings. The van der Waals surface area contributed by atoms with Gasteiger partial charge in [-0.3, -0.25) is 9.59 Å². The Bertz CT molecular complexity index is 172. The van der Waals surface area contributed by atoms with E-state index in [0.29, 0.717) is 0 Å². The molecule has 0 aliphatic carbocycles. The van der Waals surface area contributed by atoms with Crippen molar-refractivity contribution in [3.8, 4) is 0 Å². The van der Waals surface area contributed by atoms with Crippen molar-refractivity contribution in [2.45, 2.75) is 13.3 Å². The fourth-order valence-electron chi connectivity index (χ4n) is 0.448. The molecule has 0 saturated heterocycles. The van der Waals surface area contributed by atoms with Crippen LogP contribution in [0.2, 0.25) is 0 Å². The molecule has 0 radical (unpaired) electrons. The summed E-state index contributed by atoms with van der Waals surface area (Å²) in [4.78, 5) is 20.7. The van der Waals surface area contributed by atoms with Crippen LogP contribution in [-0.4, -0.2) is 31.5 Å². The topological polar surface area (TPSA) is 55.4 Å². The summed E-state index contributed by atoms with van der Waals surface area (Å²) in [6, 6.07) is 0. The van der Waals surface area contributed by atoms with E-state index >= 15 is 0 Å². The predicted octanol–water partition coefficient (Wildman–Crippen LogP) is -0.0692. The summed E-state index contributed by atoms with van der Waals surface area (Å²) >= 11 is 0. The molecule has 0 aromatic carbocycles. The summed E-state index contributed by atoms with van der Waals surface area (Å²) in [5.74, 6) is -2.20. The molecule has 0 atom stereocenters. The van der Waals surface area contributed by atoms with Gasteiger partial charge < -0.3 is 10.1 Å². The van der Waals surface area contributed by atoms with Crippen molar-refractivity contribution in [3.63, 3.8) is 0 Å². The molecule has 0 bridgehead atoms. The van der Waals surface area contributed by atoms with Gasteiger partial charge in [0.15, 0.2) is 0 Å². The molecule has 0 saturated carbocycles. The molecule has 0 aromatic rings. The summed E-state index contributed by atoms with van der Waals surface area (Å²) in [7, 11) is 0. The van der Waals surface area contributed by atoms with Crippen LogP contribution in [0.25, 0.3) is 0 Å². The molecule has 0 aromatic heterocycles. The van der Waals surface area contributed by atoms with Crippen LogP contribution in [0.4, 0.5) is 8.78 Å². The fourth-order valence-corrected chi connectivity index (χ4v) is 0.448. The smallest absolute Gasteiger partial charge is 0.325 e. The lowest BCUT2D eigenvalue weighted by atomic mass is 10.5. The minimum absolute atomic E-state index is 0.156. The second kappa shape index (κ2) is 5.45. The van der Waals surface area contributed by atoms with E-state index in [-0.39, 0.29) is 6.61 Å². The molecule has 0 rings (SSSR count). The van der Waals surface area contributed by atoms with Gasteiger partial charge in [-0.05, 0) is 6.92 Å². The third-order valence-electron chi connectivity index (χ3n) is 0.910. The Labute approximate surface area is 67.9 Å². The first-order chi connectivity index (χ1) is 5.57. The lowest BCUT2D eigenvalue weighted by molar-refractivity contribution is -0.144. The number of esters is 1. The van der Waals surface area contributed by atoms with E-state index < -0.39 is 24.8 Å². The maximum Gasteiger partial charge on any atom is 0.325 e. The van der Waals surface area contributed by atoms with Crippen molar-refractivity contribution >= 4 is 11.9 Å². The Morgan fingerprint density at radius 3 is 2.50 bits per heavy atom. The quantitative estimate of drug-likeness (QED) is 0.617. The van der Waals surface area contributed by atoms with Crippen molar-refractivity contribution in [2.24, 2.45) is 0 Å². The fraction of sp³-hybridized carbons (Fsp3) is 0.667. The van der Waals surface area contributed by atoms with Gasteiger partial charge in [0.25, 0.3) is 5.91 Å². The average Bonchev–Trinajstić information content (AvgIpc) is 2.00. The van der Waals surface area contributed by atoms with E-state index in [1.807, 2.05) is 0 Å². The zero-order valence-corrected chi connectivity index (χ0v) is 6.47. The van der Waals surface area contributed by atoms with Crippen molar-refractivity contribution in [1.82, 2.24) is 5.32 Å². The van der Waals surface area contributed by atoms with Crippen LogP contribution >= 0.6 is 0 Å². The Hall–Kier alpha value is -1.20. The van der Waals surface area contributed by atoms with Crippen molar-refractivity contribution in [1.29, 1.82) is 0 Å². The molecule has 0 fully saturated rings. The second-order valence-electron chi connectivity index (χ2n) is 1.82. The monoisotopic (exact) mass is 181 g/mol. The molecule has 0 unspecified atom stereocenters. The highest BCUT2D eigenvalue weighted by Crippen LogP contribution is 1.90. The van der Waals surface area contributed by atoms with Crippen molar-refractivity contribution in [3.05, 3.63) is 0 Å². The van der Waals surface area contributed by atoms with Crippen molar-refractivity contribution in [2.75, 3.05) is 13.2 Å². The van der Waals surface area contributed by atoms with Crippen LogP contribution in [0.5, 0.6) is 0 Å². The van der Waals surface area contributed by atoms with Gasteiger partial charge in [0, 0.05) is 0 Å². The highest BCUT2D eigenvalue weighted by atomic mass is 19.3. The molecule has 4 nitrogen and oxygen atoms in total. The molecule has 0 heterocycles. The maximum atomic E-state index is 11.5. The SMILES string of the molecule is CCOC(=O)CNC(=O)C(F)F. The molecule has 0 aliphatic heterocycles. The zero-order chi connectivity index (χ0) is 9.56. The number of alkyl halides is 2. The summed E-state index contributed by atoms with van der Waals surface area (Å²) in [5, 5.41) is 1.70. The third kappa shape index (κ3) is 4.59. The summed E-state index contributed by atoms with van der Waals surface area (Å²) in [6.45, 7) is 1.22. The Balaban J connectivity index is 3.54. The first-order valence-electron chi connectivity index (χ1n) is 3.29. The van der Waals surface area contributed by atoms with E-state index in [9.17, 15) is 18.4 Å². The minimum atomic E-state index is -3.10. The molecule has 1 N–H and O–H groups in total. The second-order valence-corrected chi connectivity index (χ2v) is 1.82. The first-order valence-corrected chi connectivity index (χ1v) is 3.29. The van der Waals surface area contributed by atoms with Gasteiger partial charge in [0.1, 0.15) is 6.54 Å². The van der Waals surface area contributed by atoms with E-state index in [1.54, 1.807) is 12.2 Å². The highest BCUT2D eigenvalue weighted by molar-refractivity contribution is 5.83. The zero-order valence-electron chi connectivity index (χ0n) is 6.47. The van der Waals surface area contributed by atoms with Crippen LogP contribution in [0, 0.1) is 0 Å². The van der Waals surface area contributed by atoms with Crippen LogP contribution < -0.4 is 5.32 Å². The standard InChI is InChI=1S/C6H9F2NO3/c1-2-12-4(10)3-9-6(11)5(7)8/h5H,2-3H2,1H3,(H,9,11). The number of nitrogens with one attached hydrogen (secondary N) is 1. The van der Waals surface area contributed by atoms with Gasteiger partial charge in [-0.25, -0.2) is 0 Å². The Morgan fingerprint density at radius 2 is 2.08 bits per heavy atom. The number of ether oxygens (including phenoxy) is 1. The number of carbonyl (C=O) groups is 2. The van der Waals surface area contributed by atoms with Crippen LogP contribution in [0.1, 0.15) is 6.92 Å². The van der Waals surface area contributed by atoms with Gasteiger partial charge in [-0.15, -0.1) is 0 Å². The third-order valence-corrected chi connectivity index (χ3v) is 0.910. The van der Waals surface area contributed by atoms with Gasteiger partial charge in [-0.2, -0.15) is 8.78 Å². The number of halogens is 2. The minimum Gasteiger partial charge on any atom is -0.465 e. The maximum absolute atomic E-state index is 11.5. The molecule has 70 valence electrons. The van der Waals surface area contributed by atoms with E-state index in [0.717, 1.165) is 0 Å². The number of hydrogen-bond acceptors (Lipinski definition) is 3. The van der Waals surface area contributed by atoms with Crippen LogP contribution in [0.15, 0.2) is 0 Å². The van der Waals surface area contributed by atoms with Gasteiger partial charge >= 0.3 is 12.4 Å². The lowest BCUT2D eigenvalue weighted by Gasteiger charge is -2.02. The first kappa shape index (κ1) is 10.8. The van der Waals surface area contributed by atoms with E-state index in [1.165, 1.54) is 0 Å². The normalized spacial score (nSPS) is 9.67. The number of carbonyl (C=O) groups excluding carboxylic acids is 2. The van der Waals surface area contributed by atoms with E-state index in [2.05, 4.69) is 4.74 Å². The molecule has 12 heavy (non-hydrogen) atoms. The van der Waals surface area contributed by atoms with Crippen molar-refractivity contribution < 1.29 is 23.1 Å². The summed E-state index contributed by atoms with van der Waals surface area (Å²) < 4.78 is 27.4. The Kier molecular flexibility index (Phi) is 4.91. The molecular weight excluding hydrogens is 172 g/mol. The number of hydrogen-bond donors (Lipinski definition) is 1. The molecule has 1 amide bonds. The van der Waals surface area contributed by atoms with E-state index in [4.69, 9.17) is 0 Å². The lowest BCUT2D eigenvalue weighted by Crippen LogP contribution is -2.34. The van der Waals surface area contributed by atoms with Crippen LogP contribution in [-0.2, 0) is 14.3 Å². The highest BCUT2D eigenvalue weighted by Gasteiger charge is 2.15. The number of rotatable bonds is 4. The van der Waals surface area contributed by atoms with Crippen LogP contribution in [0.3, 0.4) is 0 Å². The average molecular weight is 181 g/mol.